The zero-order valence-corrected chi connectivity index (χ0v) is 39.4. The minimum Gasteiger partial charge on any atom is -0.0622 e. The molecular formula is C70H50. The first kappa shape index (κ1) is 41.6. The van der Waals surface area contributed by atoms with Gasteiger partial charge in [0.25, 0.3) is 0 Å². The predicted molar refractivity (Wildman–Crippen MR) is 298 cm³/mol. The van der Waals surface area contributed by atoms with Gasteiger partial charge < -0.3 is 0 Å². The van der Waals surface area contributed by atoms with Crippen molar-refractivity contribution in [2.45, 2.75) is 19.3 Å². The van der Waals surface area contributed by atoms with E-state index in [0.717, 1.165) is 0 Å². The highest BCUT2D eigenvalue weighted by Gasteiger charge is 2.47. The maximum absolute atomic E-state index is 2.55. The Morgan fingerprint density at radius 2 is 0.671 bits per heavy atom. The van der Waals surface area contributed by atoms with Crippen LogP contribution in [0.4, 0.5) is 0 Å². The lowest BCUT2D eigenvalue weighted by Crippen LogP contribution is -2.33. The SMILES string of the molecule is CC(C)C1(c2cccc(-c3ccccc3)c2)c2ccccc2-c2ccc(-c3c4ccccc4c(-c4ccc(-c5cc(-c6ccccc6)cc(-c6ccccc6)c5)c5ccccc45)c4ccccc34)cc21. The molecule has 1 unspecified atom stereocenters. The average molecular weight is 891 g/mol. The molecule has 12 aromatic carbocycles. The second-order valence-corrected chi connectivity index (χ2v) is 19.3. The normalized spacial score (nSPS) is 14.0. The van der Waals surface area contributed by atoms with E-state index in [1.165, 1.54) is 127 Å². The number of benzene rings is 12. The van der Waals surface area contributed by atoms with Gasteiger partial charge in [-0.25, -0.2) is 0 Å². The highest BCUT2D eigenvalue weighted by molar-refractivity contribution is 6.24. The summed E-state index contributed by atoms with van der Waals surface area (Å²) in [6.45, 7) is 4.82. The van der Waals surface area contributed by atoms with Crippen LogP contribution < -0.4 is 0 Å². The van der Waals surface area contributed by atoms with E-state index in [9.17, 15) is 0 Å². The molecular weight excluding hydrogens is 841 g/mol. The van der Waals surface area contributed by atoms with Crippen molar-refractivity contribution in [3.8, 4) is 77.9 Å². The summed E-state index contributed by atoms with van der Waals surface area (Å²) in [5.41, 5.74) is 21.1. The summed E-state index contributed by atoms with van der Waals surface area (Å²) >= 11 is 0. The molecule has 0 N–H and O–H groups in total. The number of hydrogen-bond acceptors (Lipinski definition) is 0. The summed E-state index contributed by atoms with van der Waals surface area (Å²) in [5.74, 6) is 0.272. The molecule has 0 heteroatoms. The van der Waals surface area contributed by atoms with Crippen molar-refractivity contribution < 1.29 is 0 Å². The Kier molecular flexibility index (Phi) is 10.0. The predicted octanol–water partition coefficient (Wildman–Crippen LogP) is 19.1. The first-order valence-corrected chi connectivity index (χ1v) is 24.7. The molecule has 0 saturated heterocycles. The molecule has 70 heavy (non-hydrogen) atoms. The number of fused-ring (bicyclic) bond motifs is 6. The molecule has 0 amide bonds. The molecule has 0 saturated carbocycles. The zero-order valence-electron chi connectivity index (χ0n) is 39.4. The quantitative estimate of drug-likeness (QED) is 0.133. The fourth-order valence-corrected chi connectivity index (χ4v) is 12.2. The van der Waals surface area contributed by atoms with E-state index in [1.54, 1.807) is 0 Å². The third kappa shape index (κ3) is 6.59. The lowest BCUT2D eigenvalue weighted by Gasteiger charge is -2.37. The Labute approximate surface area is 410 Å². The van der Waals surface area contributed by atoms with E-state index in [-0.39, 0.29) is 11.3 Å². The Morgan fingerprint density at radius 1 is 0.243 bits per heavy atom. The molecule has 1 aliphatic carbocycles. The van der Waals surface area contributed by atoms with Gasteiger partial charge >= 0.3 is 0 Å². The summed E-state index contributed by atoms with van der Waals surface area (Å²) in [4.78, 5) is 0. The van der Waals surface area contributed by atoms with Crippen LogP contribution in [0.1, 0.15) is 30.5 Å². The minimum atomic E-state index is -0.360. The largest absolute Gasteiger partial charge is 0.0622 e. The highest BCUT2D eigenvalue weighted by Crippen LogP contribution is 2.58. The van der Waals surface area contributed by atoms with Crippen molar-refractivity contribution in [1.82, 2.24) is 0 Å². The molecule has 1 atom stereocenters. The molecule has 0 heterocycles. The molecule has 0 spiro atoms. The summed E-state index contributed by atoms with van der Waals surface area (Å²) < 4.78 is 0. The van der Waals surface area contributed by atoms with Crippen LogP contribution in [0.3, 0.4) is 0 Å². The molecule has 1 aliphatic rings. The van der Waals surface area contributed by atoms with Crippen LogP contribution in [0.15, 0.2) is 261 Å². The fraction of sp³-hybridized carbons (Fsp3) is 0.0571. The Morgan fingerprint density at radius 3 is 1.26 bits per heavy atom. The van der Waals surface area contributed by atoms with Gasteiger partial charge in [-0.2, -0.15) is 0 Å². The monoisotopic (exact) mass is 890 g/mol. The van der Waals surface area contributed by atoms with Gasteiger partial charge in [0, 0.05) is 5.41 Å². The van der Waals surface area contributed by atoms with Gasteiger partial charge in [-0.3, -0.25) is 0 Å². The van der Waals surface area contributed by atoms with Gasteiger partial charge in [-0.15, -0.1) is 0 Å². The lowest BCUT2D eigenvalue weighted by atomic mass is 9.64. The van der Waals surface area contributed by atoms with Gasteiger partial charge in [0.05, 0.1) is 0 Å². The molecule has 330 valence electrons. The summed E-state index contributed by atoms with van der Waals surface area (Å²) in [6, 6.07) is 97.2. The Balaban J connectivity index is 1.02. The third-order valence-electron chi connectivity index (χ3n) is 15.2. The van der Waals surface area contributed by atoms with E-state index in [4.69, 9.17) is 0 Å². The van der Waals surface area contributed by atoms with Crippen molar-refractivity contribution in [1.29, 1.82) is 0 Å². The van der Waals surface area contributed by atoms with E-state index >= 15 is 0 Å². The maximum Gasteiger partial charge on any atom is 0.0486 e. The van der Waals surface area contributed by atoms with Gasteiger partial charge in [-0.1, -0.05) is 244 Å². The molecule has 0 bridgehead atoms. The van der Waals surface area contributed by atoms with Crippen molar-refractivity contribution >= 4 is 32.3 Å². The van der Waals surface area contributed by atoms with Crippen molar-refractivity contribution in [2.75, 3.05) is 0 Å². The van der Waals surface area contributed by atoms with Crippen LogP contribution in [0.5, 0.6) is 0 Å². The molecule has 12 aromatic rings. The van der Waals surface area contributed by atoms with Gasteiger partial charge in [0.1, 0.15) is 0 Å². The van der Waals surface area contributed by atoms with Crippen molar-refractivity contribution in [3.63, 3.8) is 0 Å². The van der Waals surface area contributed by atoms with Crippen LogP contribution in [0, 0.1) is 5.92 Å². The van der Waals surface area contributed by atoms with Gasteiger partial charge in [0.15, 0.2) is 0 Å². The van der Waals surface area contributed by atoms with Crippen molar-refractivity contribution in [3.05, 3.63) is 278 Å². The molecule has 0 radical (unpaired) electrons. The Bertz CT molecular complexity index is 3840. The minimum absolute atomic E-state index is 0.272. The first-order chi connectivity index (χ1) is 34.6. The van der Waals surface area contributed by atoms with Crippen LogP contribution in [0.2, 0.25) is 0 Å². The van der Waals surface area contributed by atoms with Gasteiger partial charge in [0.2, 0.25) is 0 Å². The zero-order chi connectivity index (χ0) is 46.8. The molecule has 0 fully saturated rings. The molecule has 0 aliphatic heterocycles. The first-order valence-electron chi connectivity index (χ1n) is 24.7. The summed E-state index contributed by atoms with van der Waals surface area (Å²) in [5, 5.41) is 7.49. The van der Waals surface area contributed by atoms with E-state index in [1.807, 2.05) is 0 Å². The van der Waals surface area contributed by atoms with Crippen molar-refractivity contribution in [2.24, 2.45) is 5.92 Å². The van der Waals surface area contributed by atoms with E-state index < -0.39 is 0 Å². The summed E-state index contributed by atoms with van der Waals surface area (Å²) in [6.07, 6.45) is 0. The second kappa shape index (κ2) is 16.9. The number of rotatable bonds is 8. The molecule has 0 aromatic heterocycles. The van der Waals surface area contributed by atoms with E-state index in [0.29, 0.717) is 0 Å². The van der Waals surface area contributed by atoms with Gasteiger partial charge in [-0.05, 0) is 163 Å². The topological polar surface area (TPSA) is 0 Å². The third-order valence-corrected chi connectivity index (χ3v) is 15.2. The Hall–Kier alpha value is -8.58. The van der Waals surface area contributed by atoms with Crippen LogP contribution in [-0.4, -0.2) is 0 Å². The maximum atomic E-state index is 2.55. The smallest absolute Gasteiger partial charge is 0.0486 e. The van der Waals surface area contributed by atoms with Crippen LogP contribution >= 0.6 is 0 Å². The van der Waals surface area contributed by atoms with E-state index in [2.05, 4.69) is 275 Å². The highest BCUT2D eigenvalue weighted by atomic mass is 14.5. The fourth-order valence-electron chi connectivity index (χ4n) is 12.2. The molecule has 0 nitrogen and oxygen atoms in total. The lowest BCUT2D eigenvalue weighted by molar-refractivity contribution is 0.447. The summed E-state index contributed by atoms with van der Waals surface area (Å²) in [7, 11) is 0. The molecule has 13 rings (SSSR count). The van der Waals surface area contributed by atoms with Crippen LogP contribution in [-0.2, 0) is 5.41 Å². The second-order valence-electron chi connectivity index (χ2n) is 19.3. The van der Waals surface area contributed by atoms with Crippen LogP contribution in [0.25, 0.3) is 110 Å². The number of hydrogen-bond donors (Lipinski definition) is 0. The average Bonchev–Trinajstić information content (AvgIpc) is 3.73. The standard InChI is InChI=1S/C70H50/c1-46(2)70(55-28-20-27-50(44-55)47-21-6-3-7-22-47)66-36-19-18-31-59(66)60-38-37-51(45-67(60)70)68-61-32-14-16-34-63(61)69(64-35-17-15-33-62(64)68)65-40-39-56(57-29-12-13-30-58(57)65)54-42-52(48-23-8-4-9-24-48)41-53(43-54)49-25-10-5-11-26-49/h3-46H,1-2H3.